The number of hydrogen-bond acceptors (Lipinski definition) is 3. The molecular formula is C7H13N3O. The van der Waals surface area contributed by atoms with Gasteiger partial charge in [-0.1, -0.05) is 13.8 Å². The molecule has 4 nitrogen and oxygen atoms in total. The second kappa shape index (κ2) is 3.48. The van der Waals surface area contributed by atoms with Crippen molar-refractivity contribution in [1.29, 1.82) is 0 Å². The quantitative estimate of drug-likeness (QED) is 0.688. The van der Waals surface area contributed by atoms with Crippen LogP contribution in [0.1, 0.15) is 19.7 Å². The van der Waals surface area contributed by atoms with Crippen molar-refractivity contribution in [3.63, 3.8) is 0 Å². The first-order valence-corrected chi connectivity index (χ1v) is 3.71. The van der Waals surface area contributed by atoms with Gasteiger partial charge in [-0.2, -0.15) is 0 Å². The van der Waals surface area contributed by atoms with Gasteiger partial charge >= 0.3 is 0 Å². The third-order valence-electron chi connectivity index (χ3n) is 1.40. The summed E-state index contributed by atoms with van der Waals surface area (Å²) in [5, 5.41) is 16.2. The van der Waals surface area contributed by atoms with E-state index >= 15 is 0 Å². The summed E-state index contributed by atoms with van der Waals surface area (Å²) in [6.45, 7) is 5.05. The number of hydrogen-bond donors (Lipinski definition) is 1. The average molecular weight is 155 g/mol. The van der Waals surface area contributed by atoms with Crippen molar-refractivity contribution in [2.24, 2.45) is 5.92 Å². The molecule has 0 saturated carbocycles. The summed E-state index contributed by atoms with van der Waals surface area (Å²) in [6, 6.07) is 0. The molecule has 1 rings (SSSR count). The van der Waals surface area contributed by atoms with E-state index in [2.05, 4.69) is 24.0 Å². The van der Waals surface area contributed by atoms with Gasteiger partial charge in [-0.3, -0.25) is 0 Å². The van der Waals surface area contributed by atoms with E-state index in [1.165, 1.54) is 0 Å². The molecule has 0 atom stereocenters. The number of aliphatic hydroxyl groups is 1. The summed E-state index contributed by atoms with van der Waals surface area (Å²) in [5.41, 5.74) is 0. The molecule has 0 unspecified atom stereocenters. The number of aromatic nitrogens is 3. The Balaban J connectivity index is 2.68. The second-order valence-electron chi connectivity index (χ2n) is 2.95. The monoisotopic (exact) mass is 155 g/mol. The number of aliphatic hydroxyl groups excluding tert-OH is 1. The zero-order valence-corrected chi connectivity index (χ0v) is 6.86. The van der Waals surface area contributed by atoms with Crippen LogP contribution in [-0.4, -0.2) is 19.9 Å². The molecule has 1 aromatic heterocycles. The van der Waals surface area contributed by atoms with Gasteiger partial charge in [-0.15, -0.1) is 10.2 Å². The van der Waals surface area contributed by atoms with Gasteiger partial charge in [0.25, 0.3) is 0 Å². The van der Waals surface area contributed by atoms with E-state index < -0.39 is 0 Å². The summed E-state index contributed by atoms with van der Waals surface area (Å²) in [7, 11) is 0. The van der Waals surface area contributed by atoms with Crippen LogP contribution in [0.3, 0.4) is 0 Å². The molecule has 0 aliphatic carbocycles. The highest BCUT2D eigenvalue weighted by Gasteiger charge is 2.02. The Labute approximate surface area is 65.9 Å². The Bertz CT molecular complexity index is 219. The van der Waals surface area contributed by atoms with E-state index in [0.717, 1.165) is 6.54 Å². The molecule has 1 aromatic rings. The molecule has 0 aromatic carbocycles. The van der Waals surface area contributed by atoms with E-state index in [9.17, 15) is 0 Å². The summed E-state index contributed by atoms with van der Waals surface area (Å²) in [4.78, 5) is 0. The predicted molar refractivity (Wildman–Crippen MR) is 40.8 cm³/mol. The topological polar surface area (TPSA) is 50.9 Å². The largest absolute Gasteiger partial charge is 0.388 e. The van der Waals surface area contributed by atoms with E-state index in [1.54, 1.807) is 6.33 Å². The lowest BCUT2D eigenvalue weighted by Gasteiger charge is -2.06. The maximum Gasteiger partial charge on any atom is 0.158 e. The maximum absolute atomic E-state index is 8.80. The van der Waals surface area contributed by atoms with Gasteiger partial charge in [-0.05, 0) is 5.92 Å². The Morgan fingerprint density at radius 1 is 1.64 bits per heavy atom. The van der Waals surface area contributed by atoms with Crippen LogP contribution in [0.15, 0.2) is 6.33 Å². The predicted octanol–water partition coefficient (Wildman–Crippen LogP) is 0.426. The van der Waals surface area contributed by atoms with Crippen LogP contribution in [0.25, 0.3) is 0 Å². The van der Waals surface area contributed by atoms with Crippen LogP contribution in [0, 0.1) is 5.92 Å². The fraction of sp³-hybridized carbons (Fsp3) is 0.714. The first-order chi connectivity index (χ1) is 5.24. The molecule has 0 radical (unpaired) electrons. The summed E-state index contributed by atoms with van der Waals surface area (Å²) in [5.74, 6) is 1.19. The van der Waals surface area contributed by atoms with Crippen molar-refractivity contribution in [3.8, 4) is 0 Å². The van der Waals surface area contributed by atoms with Crippen LogP contribution in [0.2, 0.25) is 0 Å². The van der Waals surface area contributed by atoms with E-state index in [1.807, 2.05) is 4.57 Å². The lowest BCUT2D eigenvalue weighted by molar-refractivity contribution is 0.262. The molecule has 0 spiro atoms. The van der Waals surface area contributed by atoms with Gasteiger partial charge in [0.1, 0.15) is 12.9 Å². The molecule has 1 N–H and O–H groups in total. The minimum Gasteiger partial charge on any atom is -0.388 e. The first kappa shape index (κ1) is 8.20. The van der Waals surface area contributed by atoms with Crippen molar-refractivity contribution in [3.05, 3.63) is 12.2 Å². The summed E-state index contributed by atoms with van der Waals surface area (Å²) >= 11 is 0. The van der Waals surface area contributed by atoms with Gasteiger partial charge < -0.3 is 9.67 Å². The molecule has 0 saturated heterocycles. The fourth-order valence-electron chi connectivity index (χ4n) is 0.947. The third-order valence-corrected chi connectivity index (χ3v) is 1.40. The smallest absolute Gasteiger partial charge is 0.158 e. The molecule has 0 amide bonds. The van der Waals surface area contributed by atoms with Crippen molar-refractivity contribution >= 4 is 0 Å². The SMILES string of the molecule is CC(C)Cn1cnnc1CO. The van der Waals surface area contributed by atoms with Crippen LogP contribution >= 0.6 is 0 Å². The molecule has 4 heteroatoms. The Kier molecular flexibility index (Phi) is 2.59. The summed E-state index contributed by atoms with van der Waals surface area (Å²) in [6.07, 6.45) is 1.64. The average Bonchev–Trinajstić information content (AvgIpc) is 2.34. The molecule has 0 aliphatic heterocycles. The second-order valence-corrected chi connectivity index (χ2v) is 2.95. The van der Waals surface area contributed by atoms with Crippen molar-refractivity contribution < 1.29 is 5.11 Å². The normalized spacial score (nSPS) is 10.9. The molecular weight excluding hydrogens is 142 g/mol. The Morgan fingerprint density at radius 2 is 2.36 bits per heavy atom. The van der Waals surface area contributed by atoms with Gasteiger partial charge in [0, 0.05) is 6.54 Å². The van der Waals surface area contributed by atoms with E-state index in [0.29, 0.717) is 11.7 Å². The van der Waals surface area contributed by atoms with E-state index in [-0.39, 0.29) is 6.61 Å². The van der Waals surface area contributed by atoms with Gasteiger partial charge in [-0.25, -0.2) is 0 Å². The highest BCUT2D eigenvalue weighted by atomic mass is 16.3. The molecule has 0 aliphatic rings. The lowest BCUT2D eigenvalue weighted by Crippen LogP contribution is -2.07. The zero-order valence-electron chi connectivity index (χ0n) is 6.86. The van der Waals surface area contributed by atoms with Gasteiger partial charge in [0.2, 0.25) is 0 Å². The number of nitrogens with zero attached hydrogens (tertiary/aromatic N) is 3. The van der Waals surface area contributed by atoms with Gasteiger partial charge in [0.15, 0.2) is 5.82 Å². The minimum absolute atomic E-state index is 0.0350. The summed E-state index contributed by atoms with van der Waals surface area (Å²) < 4.78 is 1.87. The highest BCUT2D eigenvalue weighted by Crippen LogP contribution is 2.01. The van der Waals surface area contributed by atoms with E-state index in [4.69, 9.17) is 5.11 Å². The van der Waals surface area contributed by atoms with Crippen molar-refractivity contribution in [2.45, 2.75) is 27.0 Å². The van der Waals surface area contributed by atoms with Crippen molar-refractivity contribution in [1.82, 2.24) is 14.8 Å². The molecule has 11 heavy (non-hydrogen) atoms. The van der Waals surface area contributed by atoms with Crippen LogP contribution in [0.4, 0.5) is 0 Å². The number of rotatable bonds is 3. The Morgan fingerprint density at radius 3 is 2.91 bits per heavy atom. The van der Waals surface area contributed by atoms with Gasteiger partial charge in [0.05, 0.1) is 0 Å². The molecule has 0 fully saturated rings. The first-order valence-electron chi connectivity index (χ1n) is 3.71. The lowest BCUT2D eigenvalue weighted by atomic mass is 10.2. The minimum atomic E-state index is -0.0350. The molecule has 62 valence electrons. The zero-order chi connectivity index (χ0) is 8.27. The van der Waals surface area contributed by atoms with Crippen LogP contribution in [0.5, 0.6) is 0 Å². The standard InChI is InChI=1S/C7H13N3O/c1-6(2)3-10-5-8-9-7(10)4-11/h5-6,11H,3-4H2,1-2H3. The fourth-order valence-corrected chi connectivity index (χ4v) is 0.947. The highest BCUT2D eigenvalue weighted by molar-refractivity contribution is 4.82. The molecule has 1 heterocycles. The Hall–Kier alpha value is -0.900. The third kappa shape index (κ3) is 2.01. The van der Waals surface area contributed by atoms with Crippen LogP contribution < -0.4 is 0 Å². The maximum atomic E-state index is 8.80. The van der Waals surface area contributed by atoms with Crippen LogP contribution in [-0.2, 0) is 13.2 Å². The van der Waals surface area contributed by atoms with Crippen molar-refractivity contribution in [2.75, 3.05) is 0 Å². The molecule has 0 bridgehead atoms.